The fourth-order valence-corrected chi connectivity index (χ4v) is 5.16. The normalized spacial score (nSPS) is 11.5. The van der Waals surface area contributed by atoms with Crippen molar-refractivity contribution in [2.24, 2.45) is 0 Å². The van der Waals surface area contributed by atoms with E-state index in [9.17, 15) is 13.2 Å². The number of anilines is 1. The number of nitrogens with zero attached hydrogens (tertiary/aromatic N) is 1. The average Bonchev–Trinajstić information content (AvgIpc) is 3.26. The van der Waals surface area contributed by atoms with E-state index >= 15 is 0 Å². The third-order valence-electron chi connectivity index (χ3n) is 5.41. The van der Waals surface area contributed by atoms with Crippen molar-refractivity contribution in [2.45, 2.75) is 25.3 Å². The highest BCUT2D eigenvalue weighted by molar-refractivity contribution is 7.92. The molecule has 4 aromatic rings. The van der Waals surface area contributed by atoms with E-state index in [-0.39, 0.29) is 18.0 Å². The van der Waals surface area contributed by atoms with Gasteiger partial charge in [0, 0.05) is 17.0 Å². The second-order valence-corrected chi connectivity index (χ2v) is 10.0. The fraction of sp³-hybridized carbons (Fsp3) is 0.160. The first-order valence-electron chi connectivity index (χ1n) is 10.3. The Kier molecular flexibility index (Phi) is 6.44. The van der Waals surface area contributed by atoms with Crippen molar-refractivity contribution in [3.8, 4) is 0 Å². The molecule has 8 heteroatoms. The first-order chi connectivity index (χ1) is 15.8. The molecule has 0 aliphatic rings. The number of halogens is 1. The van der Waals surface area contributed by atoms with E-state index in [2.05, 4.69) is 5.32 Å². The van der Waals surface area contributed by atoms with Gasteiger partial charge >= 0.3 is 0 Å². The lowest BCUT2D eigenvalue weighted by Crippen LogP contribution is -2.41. The Hall–Kier alpha value is -3.29. The van der Waals surface area contributed by atoms with Crippen LogP contribution in [0.4, 0.5) is 5.69 Å². The molecular formula is C25H23ClN2O4S. The van der Waals surface area contributed by atoms with E-state index in [1.165, 1.54) is 12.1 Å². The predicted octanol–water partition coefficient (Wildman–Crippen LogP) is 5.21. The number of nitrogens with one attached hydrogen (secondary N) is 1. The molecule has 4 rings (SSSR count). The van der Waals surface area contributed by atoms with Crippen LogP contribution in [0.3, 0.4) is 0 Å². The molecule has 0 aliphatic carbocycles. The fourth-order valence-electron chi connectivity index (χ4n) is 3.52. The van der Waals surface area contributed by atoms with Gasteiger partial charge in [-0.15, -0.1) is 0 Å². The number of carbonyl (C=O) groups is 1. The maximum absolute atomic E-state index is 13.5. The summed E-state index contributed by atoms with van der Waals surface area (Å²) in [5.41, 5.74) is 3.51. The molecule has 0 saturated carbocycles. The zero-order valence-corrected chi connectivity index (χ0v) is 19.8. The number of fused-ring (bicyclic) bond motifs is 1. The van der Waals surface area contributed by atoms with Gasteiger partial charge in [-0.3, -0.25) is 9.10 Å². The van der Waals surface area contributed by atoms with Gasteiger partial charge in [0.05, 0.1) is 16.8 Å². The van der Waals surface area contributed by atoms with Crippen molar-refractivity contribution in [1.29, 1.82) is 0 Å². The highest BCUT2D eigenvalue weighted by atomic mass is 35.5. The molecule has 0 saturated heterocycles. The van der Waals surface area contributed by atoms with Crippen LogP contribution in [0.2, 0.25) is 5.02 Å². The molecule has 1 heterocycles. The number of sulfonamides is 1. The van der Waals surface area contributed by atoms with E-state index in [0.717, 1.165) is 26.4 Å². The minimum Gasteiger partial charge on any atom is -0.464 e. The van der Waals surface area contributed by atoms with Crippen LogP contribution in [0, 0.1) is 13.8 Å². The lowest BCUT2D eigenvalue weighted by atomic mass is 10.1. The smallest absolute Gasteiger partial charge is 0.264 e. The number of aryl methyl sites for hydroxylation is 1. The van der Waals surface area contributed by atoms with Gasteiger partial charge in [0.25, 0.3) is 10.0 Å². The van der Waals surface area contributed by atoms with E-state index in [4.69, 9.17) is 16.0 Å². The monoisotopic (exact) mass is 482 g/mol. The number of hydrogen-bond acceptors (Lipinski definition) is 4. The molecule has 0 radical (unpaired) electrons. The van der Waals surface area contributed by atoms with Crippen LogP contribution in [0.25, 0.3) is 11.0 Å². The van der Waals surface area contributed by atoms with Gasteiger partial charge in [0.1, 0.15) is 12.1 Å². The maximum Gasteiger partial charge on any atom is 0.264 e. The Balaban J connectivity index is 1.60. The zero-order chi connectivity index (χ0) is 23.6. The van der Waals surface area contributed by atoms with Crippen LogP contribution in [0.5, 0.6) is 0 Å². The molecule has 3 aromatic carbocycles. The van der Waals surface area contributed by atoms with Crippen LogP contribution >= 0.6 is 11.6 Å². The van der Waals surface area contributed by atoms with Crippen LogP contribution in [-0.2, 0) is 21.4 Å². The number of amides is 1. The summed E-state index contributed by atoms with van der Waals surface area (Å²) < 4.78 is 33.5. The van der Waals surface area contributed by atoms with Gasteiger partial charge in [-0.1, -0.05) is 41.4 Å². The van der Waals surface area contributed by atoms with E-state index in [0.29, 0.717) is 16.3 Å². The third-order valence-corrected chi connectivity index (χ3v) is 7.59. The second kappa shape index (κ2) is 9.29. The molecule has 0 unspecified atom stereocenters. The summed E-state index contributed by atoms with van der Waals surface area (Å²) in [5, 5.41) is 4.17. The summed E-state index contributed by atoms with van der Waals surface area (Å²) in [7, 11) is -4.01. The number of hydrogen-bond donors (Lipinski definition) is 1. The highest BCUT2D eigenvalue weighted by Crippen LogP contribution is 2.31. The lowest BCUT2D eigenvalue weighted by Gasteiger charge is -2.26. The largest absolute Gasteiger partial charge is 0.464 e. The molecule has 0 fully saturated rings. The van der Waals surface area contributed by atoms with Gasteiger partial charge in [-0.25, -0.2) is 8.42 Å². The topological polar surface area (TPSA) is 79.6 Å². The van der Waals surface area contributed by atoms with Crippen molar-refractivity contribution in [2.75, 3.05) is 10.8 Å². The first kappa shape index (κ1) is 22.9. The molecule has 170 valence electrons. The van der Waals surface area contributed by atoms with E-state index < -0.39 is 15.9 Å². The zero-order valence-electron chi connectivity index (χ0n) is 18.2. The second-order valence-electron chi connectivity index (χ2n) is 7.78. The summed E-state index contributed by atoms with van der Waals surface area (Å²) in [6.07, 6.45) is 1.61. The Morgan fingerprint density at radius 1 is 1.03 bits per heavy atom. The van der Waals surface area contributed by atoms with Gasteiger partial charge in [0.2, 0.25) is 5.91 Å². The van der Waals surface area contributed by atoms with E-state index in [1.54, 1.807) is 43.5 Å². The molecule has 0 atom stereocenters. The SMILES string of the molecule is Cc1ccc(S(=O)(=O)N(CC(=O)NCc2ccc3occc3c2)c2cccc(Cl)c2C)cc1. The Labute approximate surface area is 197 Å². The standard InChI is InChI=1S/C25H23ClN2O4S/c1-17-6-9-21(10-7-17)33(30,31)28(23-5-3-4-22(26)18(23)2)16-25(29)27-15-19-8-11-24-20(14-19)12-13-32-24/h3-14H,15-16H2,1-2H3,(H,27,29). The lowest BCUT2D eigenvalue weighted by molar-refractivity contribution is -0.119. The van der Waals surface area contributed by atoms with Gasteiger partial charge in [-0.2, -0.15) is 0 Å². The van der Waals surface area contributed by atoms with Crippen molar-refractivity contribution >= 4 is 44.2 Å². The van der Waals surface area contributed by atoms with Gasteiger partial charge in [-0.05, 0) is 67.4 Å². The van der Waals surface area contributed by atoms with Gasteiger partial charge in [0.15, 0.2) is 0 Å². The highest BCUT2D eigenvalue weighted by Gasteiger charge is 2.28. The van der Waals surface area contributed by atoms with E-state index in [1.807, 2.05) is 31.2 Å². The summed E-state index contributed by atoms with van der Waals surface area (Å²) in [4.78, 5) is 13.0. The summed E-state index contributed by atoms with van der Waals surface area (Å²) in [6.45, 7) is 3.48. The van der Waals surface area contributed by atoms with Crippen molar-refractivity contribution < 1.29 is 17.6 Å². The summed E-state index contributed by atoms with van der Waals surface area (Å²) in [5.74, 6) is -0.433. The molecule has 0 spiro atoms. The molecule has 1 N–H and O–H groups in total. The Morgan fingerprint density at radius 2 is 1.79 bits per heavy atom. The Bertz CT molecular complexity index is 1410. The Morgan fingerprint density at radius 3 is 2.55 bits per heavy atom. The van der Waals surface area contributed by atoms with Crippen molar-refractivity contribution in [3.63, 3.8) is 0 Å². The molecule has 33 heavy (non-hydrogen) atoms. The molecule has 6 nitrogen and oxygen atoms in total. The van der Waals surface area contributed by atoms with Crippen LogP contribution in [0.15, 0.2) is 82.3 Å². The predicted molar refractivity (Wildman–Crippen MR) is 130 cm³/mol. The minimum absolute atomic E-state index is 0.102. The summed E-state index contributed by atoms with van der Waals surface area (Å²) in [6, 6.07) is 19.0. The van der Waals surface area contributed by atoms with Crippen LogP contribution in [-0.4, -0.2) is 20.9 Å². The molecule has 0 bridgehead atoms. The summed E-state index contributed by atoms with van der Waals surface area (Å²) >= 11 is 6.26. The molecule has 1 amide bonds. The molecule has 0 aliphatic heterocycles. The van der Waals surface area contributed by atoms with Crippen LogP contribution < -0.4 is 9.62 Å². The van der Waals surface area contributed by atoms with Gasteiger partial charge < -0.3 is 9.73 Å². The number of benzene rings is 3. The number of carbonyl (C=O) groups excluding carboxylic acids is 1. The quantitative estimate of drug-likeness (QED) is 0.392. The maximum atomic E-state index is 13.5. The number of rotatable bonds is 7. The average molecular weight is 483 g/mol. The van der Waals surface area contributed by atoms with Crippen molar-refractivity contribution in [3.05, 3.63) is 94.7 Å². The minimum atomic E-state index is -4.01. The molecular weight excluding hydrogens is 460 g/mol. The van der Waals surface area contributed by atoms with Crippen LogP contribution in [0.1, 0.15) is 16.7 Å². The third kappa shape index (κ3) is 4.89. The number of furan rings is 1. The molecule has 1 aromatic heterocycles. The first-order valence-corrected chi connectivity index (χ1v) is 12.1. The van der Waals surface area contributed by atoms with Crippen molar-refractivity contribution in [1.82, 2.24) is 5.32 Å².